The van der Waals surface area contributed by atoms with Crippen LogP contribution in [0.2, 0.25) is 0 Å². The summed E-state index contributed by atoms with van der Waals surface area (Å²) >= 11 is 0. The highest BCUT2D eigenvalue weighted by molar-refractivity contribution is 5.06. The molecule has 0 unspecified atom stereocenters. The van der Waals surface area contributed by atoms with Gasteiger partial charge in [-0.25, -0.2) is 0 Å². The molecule has 1 aromatic heterocycles. The quantitative estimate of drug-likeness (QED) is 0.797. The van der Waals surface area contributed by atoms with E-state index < -0.39 is 0 Å². The summed E-state index contributed by atoms with van der Waals surface area (Å²) in [5, 5.41) is 0. The molecule has 0 bridgehead atoms. The second-order valence-electron chi connectivity index (χ2n) is 5.72. The molecule has 0 amide bonds. The summed E-state index contributed by atoms with van der Waals surface area (Å²) < 4.78 is 11.3. The first kappa shape index (κ1) is 12.2. The molecule has 4 nitrogen and oxygen atoms in total. The van der Waals surface area contributed by atoms with Gasteiger partial charge in [-0.2, -0.15) is 0 Å². The molecule has 18 heavy (non-hydrogen) atoms. The first-order valence-corrected chi connectivity index (χ1v) is 6.82. The molecule has 2 saturated heterocycles. The molecular formula is C14H22N2O2. The topological polar surface area (TPSA) is 28.9 Å². The molecule has 2 aliphatic heterocycles. The molecule has 1 aromatic rings. The van der Waals surface area contributed by atoms with E-state index in [0.717, 1.165) is 32.8 Å². The Kier molecular flexibility index (Phi) is 3.41. The van der Waals surface area contributed by atoms with Gasteiger partial charge < -0.3 is 14.1 Å². The third-order valence-electron chi connectivity index (χ3n) is 4.04. The zero-order chi connectivity index (χ0) is 12.4. The number of likely N-dealkylation sites (N-methyl/N-ethyl adjacent to an activating group) is 1. The number of ether oxygens (including phenoxy) is 1. The molecule has 3 rings (SSSR count). The number of morpholine rings is 1. The van der Waals surface area contributed by atoms with Gasteiger partial charge in [0.25, 0.3) is 0 Å². The van der Waals surface area contributed by atoms with Crippen LogP contribution in [0, 0.1) is 0 Å². The van der Waals surface area contributed by atoms with E-state index in [-0.39, 0.29) is 5.60 Å². The number of furan rings is 1. The third-order valence-corrected chi connectivity index (χ3v) is 4.04. The van der Waals surface area contributed by atoms with Crippen molar-refractivity contribution >= 4 is 0 Å². The van der Waals surface area contributed by atoms with E-state index in [0.29, 0.717) is 0 Å². The van der Waals surface area contributed by atoms with Crippen LogP contribution in [0.3, 0.4) is 0 Å². The normalized spacial score (nSPS) is 30.9. The average Bonchev–Trinajstić information content (AvgIpc) is 2.81. The maximum Gasteiger partial charge on any atom is 0.0947 e. The van der Waals surface area contributed by atoms with Crippen LogP contribution < -0.4 is 0 Å². The van der Waals surface area contributed by atoms with Gasteiger partial charge in [0.15, 0.2) is 0 Å². The SMILES string of the molecule is CN1CCC[C@]2(C1)CN(Cc1ccoc1)CCO2. The molecule has 0 saturated carbocycles. The van der Waals surface area contributed by atoms with E-state index in [1.54, 1.807) is 6.26 Å². The minimum atomic E-state index is 0.0645. The Hall–Kier alpha value is -0.840. The molecule has 0 aromatic carbocycles. The predicted molar refractivity (Wildman–Crippen MR) is 69.4 cm³/mol. The summed E-state index contributed by atoms with van der Waals surface area (Å²) in [4.78, 5) is 4.89. The largest absolute Gasteiger partial charge is 0.472 e. The molecular weight excluding hydrogens is 228 g/mol. The van der Waals surface area contributed by atoms with E-state index in [4.69, 9.17) is 9.15 Å². The number of nitrogens with zero attached hydrogens (tertiary/aromatic N) is 2. The minimum Gasteiger partial charge on any atom is -0.472 e. The van der Waals surface area contributed by atoms with Crippen LogP contribution in [0.4, 0.5) is 0 Å². The Balaban J connectivity index is 1.64. The van der Waals surface area contributed by atoms with E-state index in [9.17, 15) is 0 Å². The first-order valence-electron chi connectivity index (χ1n) is 6.82. The lowest BCUT2D eigenvalue weighted by Crippen LogP contribution is -2.58. The Bertz CT molecular complexity index is 375. The van der Waals surface area contributed by atoms with Crippen LogP contribution in [-0.2, 0) is 11.3 Å². The van der Waals surface area contributed by atoms with Gasteiger partial charge in [0.05, 0.1) is 24.7 Å². The van der Waals surface area contributed by atoms with Crippen molar-refractivity contribution in [3.63, 3.8) is 0 Å². The zero-order valence-corrected chi connectivity index (χ0v) is 11.1. The molecule has 2 fully saturated rings. The van der Waals surface area contributed by atoms with Crippen LogP contribution in [0.25, 0.3) is 0 Å². The van der Waals surface area contributed by atoms with Gasteiger partial charge in [0.2, 0.25) is 0 Å². The summed E-state index contributed by atoms with van der Waals surface area (Å²) in [7, 11) is 2.19. The lowest BCUT2D eigenvalue weighted by atomic mass is 9.91. The predicted octanol–water partition coefficient (Wildman–Crippen LogP) is 1.58. The second-order valence-corrected chi connectivity index (χ2v) is 5.72. The monoisotopic (exact) mass is 250 g/mol. The van der Waals surface area contributed by atoms with Crippen LogP contribution in [0.1, 0.15) is 18.4 Å². The number of rotatable bonds is 2. The highest BCUT2D eigenvalue weighted by Gasteiger charge is 2.39. The van der Waals surface area contributed by atoms with Crippen LogP contribution in [0.15, 0.2) is 23.0 Å². The molecule has 0 N–H and O–H groups in total. The van der Waals surface area contributed by atoms with Crippen molar-refractivity contribution in [2.45, 2.75) is 25.0 Å². The third kappa shape index (κ3) is 2.60. The summed E-state index contributed by atoms with van der Waals surface area (Å²) in [5.41, 5.74) is 1.32. The van der Waals surface area contributed by atoms with Gasteiger partial charge in [0, 0.05) is 31.7 Å². The van der Waals surface area contributed by atoms with Gasteiger partial charge in [0.1, 0.15) is 0 Å². The number of piperidine rings is 1. The average molecular weight is 250 g/mol. The molecule has 0 radical (unpaired) electrons. The summed E-state index contributed by atoms with van der Waals surface area (Å²) in [6.45, 7) is 6.16. The van der Waals surface area contributed by atoms with E-state index in [1.165, 1.54) is 24.9 Å². The van der Waals surface area contributed by atoms with E-state index in [1.807, 2.05) is 6.26 Å². The van der Waals surface area contributed by atoms with Crippen LogP contribution in [-0.4, -0.2) is 55.2 Å². The number of hydrogen-bond donors (Lipinski definition) is 0. The smallest absolute Gasteiger partial charge is 0.0947 e. The fourth-order valence-electron chi connectivity index (χ4n) is 3.27. The molecule has 2 aliphatic rings. The molecule has 3 heterocycles. The lowest BCUT2D eigenvalue weighted by molar-refractivity contribution is -0.138. The number of hydrogen-bond acceptors (Lipinski definition) is 4. The van der Waals surface area contributed by atoms with Crippen molar-refractivity contribution in [2.75, 3.05) is 39.8 Å². The molecule has 100 valence electrons. The van der Waals surface area contributed by atoms with Crippen molar-refractivity contribution in [1.82, 2.24) is 9.80 Å². The van der Waals surface area contributed by atoms with Crippen LogP contribution >= 0.6 is 0 Å². The van der Waals surface area contributed by atoms with Gasteiger partial charge in [-0.3, -0.25) is 4.90 Å². The maximum absolute atomic E-state index is 6.12. The first-order chi connectivity index (χ1) is 8.76. The van der Waals surface area contributed by atoms with Crippen molar-refractivity contribution in [1.29, 1.82) is 0 Å². The Morgan fingerprint density at radius 1 is 1.33 bits per heavy atom. The van der Waals surface area contributed by atoms with Crippen molar-refractivity contribution in [3.8, 4) is 0 Å². The van der Waals surface area contributed by atoms with Gasteiger partial charge in [-0.05, 0) is 32.5 Å². The second kappa shape index (κ2) is 5.03. The molecule has 1 atom stereocenters. The maximum atomic E-state index is 6.12. The van der Waals surface area contributed by atoms with Crippen molar-refractivity contribution in [3.05, 3.63) is 24.2 Å². The van der Waals surface area contributed by atoms with E-state index >= 15 is 0 Å². The van der Waals surface area contributed by atoms with Gasteiger partial charge >= 0.3 is 0 Å². The highest BCUT2D eigenvalue weighted by atomic mass is 16.5. The van der Waals surface area contributed by atoms with Gasteiger partial charge in [-0.15, -0.1) is 0 Å². The Morgan fingerprint density at radius 2 is 2.28 bits per heavy atom. The van der Waals surface area contributed by atoms with Crippen molar-refractivity contribution < 1.29 is 9.15 Å². The lowest BCUT2D eigenvalue weighted by Gasteiger charge is -2.47. The number of likely N-dealkylation sites (tertiary alicyclic amines) is 1. The Morgan fingerprint density at radius 3 is 3.06 bits per heavy atom. The zero-order valence-electron chi connectivity index (χ0n) is 11.1. The fraction of sp³-hybridized carbons (Fsp3) is 0.714. The summed E-state index contributed by atoms with van der Waals surface area (Å²) in [6, 6.07) is 2.05. The molecule has 0 aliphatic carbocycles. The molecule has 1 spiro atoms. The van der Waals surface area contributed by atoms with E-state index in [2.05, 4.69) is 22.9 Å². The highest BCUT2D eigenvalue weighted by Crippen LogP contribution is 2.28. The molecule has 4 heteroatoms. The van der Waals surface area contributed by atoms with Gasteiger partial charge in [-0.1, -0.05) is 0 Å². The minimum absolute atomic E-state index is 0.0645. The Labute approximate surface area is 108 Å². The summed E-state index contributed by atoms with van der Waals surface area (Å²) in [6.07, 6.45) is 6.03. The fourth-order valence-corrected chi connectivity index (χ4v) is 3.27. The van der Waals surface area contributed by atoms with Crippen molar-refractivity contribution in [2.24, 2.45) is 0 Å². The summed E-state index contributed by atoms with van der Waals surface area (Å²) in [5.74, 6) is 0. The van der Waals surface area contributed by atoms with Crippen LogP contribution in [0.5, 0.6) is 0 Å². The standard InChI is InChI=1S/C14H22N2O2/c1-15-5-2-4-14(11-15)12-16(6-8-18-14)9-13-3-7-17-10-13/h3,7,10H,2,4-6,8-9,11-12H2,1H3/t14-/m0/s1.